The van der Waals surface area contributed by atoms with Crippen LogP contribution in [-0.4, -0.2) is 22.7 Å². The van der Waals surface area contributed by atoms with Crippen molar-refractivity contribution in [2.24, 2.45) is 0 Å². The van der Waals surface area contributed by atoms with Gasteiger partial charge in [-0.2, -0.15) is 0 Å². The molecule has 2 aromatic rings. The minimum absolute atomic E-state index is 0.240. The molecule has 0 saturated carbocycles. The monoisotopic (exact) mass is 257 g/mol. The normalized spacial score (nSPS) is 10.2. The van der Waals surface area contributed by atoms with Crippen molar-refractivity contribution in [3.8, 4) is 5.75 Å². The fourth-order valence-corrected chi connectivity index (χ4v) is 1.72. The molecule has 0 atom stereocenters. The van der Waals surface area contributed by atoms with Gasteiger partial charge < -0.3 is 9.84 Å². The summed E-state index contributed by atoms with van der Waals surface area (Å²) in [4.78, 5) is 14.8. The summed E-state index contributed by atoms with van der Waals surface area (Å²) in [5, 5.41) is 8.94. The summed E-state index contributed by atoms with van der Waals surface area (Å²) in [5.41, 5.74) is 2.31. The highest BCUT2D eigenvalue weighted by atomic mass is 16.5. The number of carbonyl (C=O) groups is 1. The summed E-state index contributed by atoms with van der Waals surface area (Å²) in [6.07, 6.45) is 4.25. The zero-order valence-corrected chi connectivity index (χ0v) is 10.7. The number of hydrogen-bond donors (Lipinski definition) is 1. The summed E-state index contributed by atoms with van der Waals surface area (Å²) >= 11 is 0. The number of carboxylic acids is 1. The van der Waals surface area contributed by atoms with Crippen LogP contribution in [0.2, 0.25) is 0 Å². The zero-order chi connectivity index (χ0) is 13.7. The van der Waals surface area contributed by atoms with Crippen LogP contribution in [0, 0.1) is 6.92 Å². The van der Waals surface area contributed by atoms with Crippen molar-refractivity contribution in [3.63, 3.8) is 0 Å². The maximum Gasteiger partial charge on any atom is 0.335 e. The second-order valence-electron chi connectivity index (χ2n) is 4.24. The van der Waals surface area contributed by atoms with Crippen molar-refractivity contribution in [1.82, 2.24) is 4.98 Å². The second-order valence-corrected chi connectivity index (χ2v) is 4.24. The maximum absolute atomic E-state index is 10.9. The molecule has 1 aromatic heterocycles. The fourth-order valence-electron chi connectivity index (χ4n) is 1.72. The van der Waals surface area contributed by atoms with Crippen LogP contribution in [0.25, 0.3) is 0 Å². The van der Waals surface area contributed by atoms with Crippen molar-refractivity contribution in [1.29, 1.82) is 0 Å². The standard InChI is InChI=1S/C15H15NO3/c1-11-2-3-13(15(17)18)10-14(11)19-9-6-12-4-7-16-8-5-12/h2-5,7-8,10H,6,9H2,1H3,(H,17,18). The minimum Gasteiger partial charge on any atom is -0.493 e. The van der Waals surface area contributed by atoms with Crippen LogP contribution in [0.3, 0.4) is 0 Å². The third-order valence-electron chi connectivity index (χ3n) is 2.83. The predicted octanol–water partition coefficient (Wildman–Crippen LogP) is 2.71. The SMILES string of the molecule is Cc1ccc(C(=O)O)cc1OCCc1ccncc1. The van der Waals surface area contributed by atoms with Crippen LogP contribution < -0.4 is 4.74 Å². The average molecular weight is 257 g/mol. The Morgan fingerprint density at radius 2 is 2.00 bits per heavy atom. The number of ether oxygens (including phenoxy) is 1. The van der Waals surface area contributed by atoms with Gasteiger partial charge in [-0.25, -0.2) is 4.79 Å². The smallest absolute Gasteiger partial charge is 0.335 e. The molecule has 4 heteroatoms. The highest BCUT2D eigenvalue weighted by Crippen LogP contribution is 2.19. The molecular weight excluding hydrogens is 242 g/mol. The van der Waals surface area contributed by atoms with E-state index in [2.05, 4.69) is 4.98 Å². The van der Waals surface area contributed by atoms with Crippen molar-refractivity contribution in [3.05, 3.63) is 59.4 Å². The van der Waals surface area contributed by atoms with E-state index < -0.39 is 5.97 Å². The van der Waals surface area contributed by atoms with Gasteiger partial charge in [0.15, 0.2) is 0 Å². The average Bonchev–Trinajstić information content (AvgIpc) is 2.42. The molecule has 2 rings (SSSR count). The Morgan fingerprint density at radius 1 is 1.26 bits per heavy atom. The molecule has 1 aromatic carbocycles. The molecular formula is C15H15NO3. The van der Waals surface area contributed by atoms with E-state index in [4.69, 9.17) is 9.84 Å². The Morgan fingerprint density at radius 3 is 2.68 bits per heavy atom. The first-order chi connectivity index (χ1) is 9.16. The van der Waals surface area contributed by atoms with Gasteiger partial charge in [0, 0.05) is 18.8 Å². The summed E-state index contributed by atoms with van der Waals surface area (Å²) in [5.74, 6) is -0.326. The van der Waals surface area contributed by atoms with Crippen LogP contribution in [0.15, 0.2) is 42.7 Å². The molecule has 0 amide bonds. The van der Waals surface area contributed by atoms with Crippen LogP contribution in [0.4, 0.5) is 0 Å². The molecule has 1 N–H and O–H groups in total. The number of pyridine rings is 1. The van der Waals surface area contributed by atoms with Crippen molar-refractivity contribution in [2.45, 2.75) is 13.3 Å². The predicted molar refractivity (Wildman–Crippen MR) is 71.6 cm³/mol. The Kier molecular flexibility index (Phi) is 4.13. The molecule has 0 aliphatic carbocycles. The van der Waals surface area contributed by atoms with Gasteiger partial charge in [-0.3, -0.25) is 4.98 Å². The number of benzene rings is 1. The Balaban J connectivity index is 1.99. The molecule has 0 unspecified atom stereocenters. The summed E-state index contributed by atoms with van der Waals surface area (Å²) in [6, 6.07) is 8.76. The van der Waals surface area contributed by atoms with Crippen LogP contribution in [0.5, 0.6) is 5.75 Å². The van der Waals surface area contributed by atoms with Crippen LogP contribution >= 0.6 is 0 Å². The molecule has 19 heavy (non-hydrogen) atoms. The second kappa shape index (κ2) is 6.00. The first-order valence-corrected chi connectivity index (χ1v) is 6.02. The fraction of sp³-hybridized carbons (Fsp3) is 0.200. The first-order valence-electron chi connectivity index (χ1n) is 6.02. The van der Waals surface area contributed by atoms with Crippen molar-refractivity contribution < 1.29 is 14.6 Å². The van der Waals surface area contributed by atoms with Gasteiger partial charge in [-0.1, -0.05) is 6.07 Å². The quantitative estimate of drug-likeness (QED) is 0.894. The van der Waals surface area contributed by atoms with Crippen molar-refractivity contribution >= 4 is 5.97 Å². The van der Waals surface area contributed by atoms with E-state index in [1.807, 2.05) is 19.1 Å². The van der Waals surface area contributed by atoms with Gasteiger partial charge in [0.1, 0.15) is 5.75 Å². The van der Waals surface area contributed by atoms with E-state index in [1.165, 1.54) is 0 Å². The summed E-state index contributed by atoms with van der Waals surface area (Å²) in [6.45, 7) is 2.40. The highest BCUT2D eigenvalue weighted by Gasteiger charge is 2.07. The first kappa shape index (κ1) is 13.1. The lowest BCUT2D eigenvalue weighted by Gasteiger charge is -2.09. The third kappa shape index (κ3) is 3.55. The van der Waals surface area contributed by atoms with Gasteiger partial charge >= 0.3 is 5.97 Å². The maximum atomic E-state index is 10.9. The Bertz CT molecular complexity index is 567. The Labute approximate surface area is 111 Å². The van der Waals surface area contributed by atoms with Crippen LogP contribution in [0.1, 0.15) is 21.5 Å². The van der Waals surface area contributed by atoms with Gasteiger partial charge in [0.2, 0.25) is 0 Å². The van der Waals surface area contributed by atoms with E-state index in [0.29, 0.717) is 12.4 Å². The number of carboxylic acid groups (broad SMARTS) is 1. The van der Waals surface area contributed by atoms with Gasteiger partial charge in [0.25, 0.3) is 0 Å². The number of aryl methyl sites for hydroxylation is 1. The lowest BCUT2D eigenvalue weighted by molar-refractivity contribution is 0.0696. The number of hydrogen-bond acceptors (Lipinski definition) is 3. The molecule has 0 radical (unpaired) electrons. The van der Waals surface area contributed by atoms with E-state index in [0.717, 1.165) is 17.5 Å². The zero-order valence-electron chi connectivity index (χ0n) is 10.7. The molecule has 0 saturated heterocycles. The molecule has 98 valence electrons. The van der Waals surface area contributed by atoms with E-state index >= 15 is 0 Å². The molecule has 0 aliphatic heterocycles. The summed E-state index contributed by atoms with van der Waals surface area (Å²) in [7, 11) is 0. The number of aromatic nitrogens is 1. The van der Waals surface area contributed by atoms with Gasteiger partial charge in [-0.15, -0.1) is 0 Å². The highest BCUT2D eigenvalue weighted by molar-refractivity contribution is 5.88. The van der Waals surface area contributed by atoms with Gasteiger partial charge in [-0.05, 0) is 42.3 Å². The van der Waals surface area contributed by atoms with E-state index in [1.54, 1.807) is 30.6 Å². The van der Waals surface area contributed by atoms with Crippen LogP contribution in [-0.2, 0) is 6.42 Å². The molecule has 1 heterocycles. The third-order valence-corrected chi connectivity index (χ3v) is 2.83. The largest absolute Gasteiger partial charge is 0.493 e. The minimum atomic E-state index is -0.945. The number of rotatable bonds is 5. The Hall–Kier alpha value is -2.36. The number of nitrogens with zero attached hydrogens (tertiary/aromatic N) is 1. The lowest BCUT2D eigenvalue weighted by Crippen LogP contribution is -2.04. The number of aromatic carboxylic acids is 1. The lowest BCUT2D eigenvalue weighted by atomic mass is 10.1. The molecule has 4 nitrogen and oxygen atoms in total. The molecule has 0 aliphatic rings. The van der Waals surface area contributed by atoms with Gasteiger partial charge in [0.05, 0.1) is 12.2 Å². The van der Waals surface area contributed by atoms with E-state index in [9.17, 15) is 4.79 Å². The van der Waals surface area contributed by atoms with E-state index in [-0.39, 0.29) is 5.56 Å². The molecule has 0 fully saturated rings. The topological polar surface area (TPSA) is 59.4 Å². The van der Waals surface area contributed by atoms with Crippen molar-refractivity contribution in [2.75, 3.05) is 6.61 Å². The summed E-state index contributed by atoms with van der Waals surface area (Å²) < 4.78 is 5.65. The molecule has 0 bridgehead atoms. The molecule has 0 spiro atoms.